The summed E-state index contributed by atoms with van der Waals surface area (Å²) in [6.07, 6.45) is 14.9. The van der Waals surface area contributed by atoms with Crippen molar-refractivity contribution in [2.24, 2.45) is 17.8 Å². The van der Waals surface area contributed by atoms with E-state index in [1.807, 2.05) is 12.3 Å². The van der Waals surface area contributed by atoms with Crippen LogP contribution in [0.4, 0.5) is 5.13 Å². The van der Waals surface area contributed by atoms with Gasteiger partial charge in [-0.3, -0.25) is 14.7 Å². The Labute approximate surface area is 173 Å². The maximum Gasteiger partial charge on any atom is 0.259 e. The zero-order valence-electron chi connectivity index (χ0n) is 16.1. The minimum atomic E-state index is -0.166. The number of hydrogen-bond donors (Lipinski definition) is 1. The molecule has 0 spiro atoms. The number of carbonyl (C=O) groups is 1. The Balaban J connectivity index is 1.18. The molecular formula is C22H23N5OS. The summed E-state index contributed by atoms with van der Waals surface area (Å²) in [4.78, 5) is 25.9. The molecule has 0 aromatic carbocycles. The largest absolute Gasteiger partial charge is 0.298 e. The molecule has 7 heteroatoms. The molecule has 7 rings (SSSR count). The van der Waals surface area contributed by atoms with Gasteiger partial charge in [0.1, 0.15) is 12.1 Å². The van der Waals surface area contributed by atoms with Crippen LogP contribution in [0.3, 0.4) is 0 Å². The van der Waals surface area contributed by atoms with Crippen molar-refractivity contribution in [2.45, 2.75) is 43.9 Å². The molecule has 6 nitrogen and oxygen atoms in total. The van der Waals surface area contributed by atoms with Crippen LogP contribution < -0.4 is 5.32 Å². The number of pyridine rings is 1. The van der Waals surface area contributed by atoms with Crippen molar-refractivity contribution in [3.63, 3.8) is 0 Å². The third-order valence-corrected chi connectivity index (χ3v) is 7.84. The number of thiazole rings is 1. The SMILES string of the molecule is O=C(Nc1nc(C23CC4CC(CC(C4)C2)C3)cs1)c1ccc(-n2ccnc2)nc1. The average molecular weight is 406 g/mol. The van der Waals surface area contributed by atoms with Crippen molar-refractivity contribution < 1.29 is 4.79 Å². The predicted octanol–water partition coefficient (Wildman–Crippen LogP) is 4.44. The molecule has 3 heterocycles. The minimum Gasteiger partial charge on any atom is -0.298 e. The van der Waals surface area contributed by atoms with Gasteiger partial charge in [-0.15, -0.1) is 11.3 Å². The van der Waals surface area contributed by atoms with E-state index in [-0.39, 0.29) is 11.3 Å². The number of amides is 1. The van der Waals surface area contributed by atoms with Crippen LogP contribution in [0.15, 0.2) is 42.4 Å². The number of imidazole rings is 1. The van der Waals surface area contributed by atoms with Crippen molar-refractivity contribution >= 4 is 22.4 Å². The molecule has 1 N–H and O–H groups in total. The summed E-state index contributed by atoms with van der Waals surface area (Å²) in [6.45, 7) is 0. The minimum absolute atomic E-state index is 0.166. The van der Waals surface area contributed by atoms with E-state index in [0.717, 1.165) is 23.6 Å². The van der Waals surface area contributed by atoms with Crippen LogP contribution in [-0.4, -0.2) is 25.4 Å². The van der Waals surface area contributed by atoms with Crippen molar-refractivity contribution in [2.75, 3.05) is 5.32 Å². The van der Waals surface area contributed by atoms with Gasteiger partial charge in [0.2, 0.25) is 0 Å². The first kappa shape index (κ1) is 17.3. The molecule has 0 atom stereocenters. The number of carbonyl (C=O) groups excluding carboxylic acids is 1. The van der Waals surface area contributed by atoms with Crippen LogP contribution in [0.1, 0.15) is 54.6 Å². The molecule has 1 amide bonds. The molecule has 29 heavy (non-hydrogen) atoms. The summed E-state index contributed by atoms with van der Waals surface area (Å²) in [5, 5.41) is 5.85. The lowest BCUT2D eigenvalue weighted by Crippen LogP contribution is -2.48. The van der Waals surface area contributed by atoms with E-state index in [1.54, 1.807) is 40.7 Å². The first-order valence-corrected chi connectivity index (χ1v) is 11.3. The normalized spacial score (nSPS) is 29.9. The van der Waals surface area contributed by atoms with Crippen LogP contribution in [0.5, 0.6) is 0 Å². The summed E-state index contributed by atoms with van der Waals surface area (Å²) in [5.41, 5.74) is 2.01. The molecule has 0 radical (unpaired) electrons. The molecule has 0 saturated heterocycles. The Hall–Kier alpha value is -2.54. The second kappa shape index (κ2) is 6.49. The van der Waals surface area contributed by atoms with Gasteiger partial charge in [0.15, 0.2) is 5.13 Å². The summed E-state index contributed by atoms with van der Waals surface area (Å²) in [7, 11) is 0. The Morgan fingerprint density at radius 2 is 1.90 bits per heavy atom. The number of nitrogens with zero attached hydrogens (tertiary/aromatic N) is 4. The molecule has 3 aromatic heterocycles. The molecule has 4 fully saturated rings. The van der Waals surface area contributed by atoms with Gasteiger partial charge in [0.05, 0.1) is 11.3 Å². The maximum absolute atomic E-state index is 12.7. The number of aromatic nitrogens is 4. The Morgan fingerprint density at radius 3 is 2.52 bits per heavy atom. The molecular weight excluding hydrogens is 382 g/mol. The third kappa shape index (κ3) is 2.99. The molecule has 4 saturated carbocycles. The molecule has 0 aliphatic heterocycles. The molecule has 0 unspecified atom stereocenters. The van der Waals surface area contributed by atoms with Crippen molar-refractivity contribution in [1.82, 2.24) is 19.5 Å². The van der Waals surface area contributed by atoms with E-state index in [9.17, 15) is 4.79 Å². The van der Waals surface area contributed by atoms with Gasteiger partial charge < -0.3 is 0 Å². The average Bonchev–Trinajstić information content (AvgIpc) is 3.40. The summed E-state index contributed by atoms with van der Waals surface area (Å²) >= 11 is 1.55. The highest BCUT2D eigenvalue weighted by Crippen LogP contribution is 2.60. The lowest BCUT2D eigenvalue weighted by molar-refractivity contribution is -0.00688. The van der Waals surface area contributed by atoms with Crippen LogP contribution in [0.2, 0.25) is 0 Å². The topological polar surface area (TPSA) is 72.7 Å². The smallest absolute Gasteiger partial charge is 0.259 e. The molecule has 3 aromatic rings. The van der Waals surface area contributed by atoms with E-state index < -0.39 is 0 Å². The van der Waals surface area contributed by atoms with E-state index in [1.165, 1.54) is 44.2 Å². The molecule has 4 aliphatic rings. The van der Waals surface area contributed by atoms with Gasteiger partial charge in [-0.05, 0) is 68.4 Å². The van der Waals surface area contributed by atoms with E-state index in [4.69, 9.17) is 4.98 Å². The van der Waals surface area contributed by atoms with E-state index in [0.29, 0.717) is 10.7 Å². The van der Waals surface area contributed by atoms with Crippen molar-refractivity contribution in [3.8, 4) is 5.82 Å². The standard InChI is InChI=1S/C22H23N5OS/c28-20(17-1-2-19(24-11-17)27-4-3-23-13-27)26-21-25-18(12-29-21)22-8-14-5-15(9-22)7-16(6-14)10-22/h1-4,11-16H,5-10H2,(H,25,26,28). The molecule has 4 aliphatic carbocycles. The van der Waals surface area contributed by atoms with Crippen molar-refractivity contribution in [1.29, 1.82) is 0 Å². The zero-order valence-corrected chi connectivity index (χ0v) is 16.9. The Kier molecular flexibility index (Phi) is 3.88. The Bertz CT molecular complexity index is 1000. The summed E-state index contributed by atoms with van der Waals surface area (Å²) in [6, 6.07) is 3.60. The number of nitrogens with one attached hydrogen (secondary N) is 1. The fourth-order valence-corrected chi connectivity index (χ4v) is 7.06. The molecule has 148 valence electrons. The number of anilines is 1. The fraction of sp³-hybridized carbons (Fsp3) is 0.455. The van der Waals surface area contributed by atoms with Crippen LogP contribution in [0.25, 0.3) is 5.82 Å². The van der Waals surface area contributed by atoms with Gasteiger partial charge >= 0.3 is 0 Å². The van der Waals surface area contributed by atoms with Gasteiger partial charge in [-0.1, -0.05) is 0 Å². The van der Waals surface area contributed by atoms with Crippen molar-refractivity contribution in [3.05, 3.63) is 53.7 Å². The predicted molar refractivity (Wildman–Crippen MR) is 111 cm³/mol. The van der Waals surface area contributed by atoms with Crippen LogP contribution >= 0.6 is 11.3 Å². The van der Waals surface area contributed by atoms with Gasteiger partial charge in [0, 0.05) is 29.4 Å². The second-order valence-corrected chi connectivity index (χ2v) is 9.92. The van der Waals surface area contributed by atoms with E-state index >= 15 is 0 Å². The third-order valence-electron chi connectivity index (χ3n) is 7.09. The summed E-state index contributed by atoms with van der Waals surface area (Å²) in [5.74, 6) is 3.24. The highest BCUT2D eigenvalue weighted by molar-refractivity contribution is 7.14. The Morgan fingerprint density at radius 1 is 1.14 bits per heavy atom. The van der Waals surface area contributed by atoms with Crippen LogP contribution in [0, 0.1) is 17.8 Å². The highest BCUT2D eigenvalue weighted by Gasteiger charge is 2.52. The van der Waals surface area contributed by atoms with Gasteiger partial charge in [-0.2, -0.15) is 0 Å². The first-order valence-electron chi connectivity index (χ1n) is 10.4. The fourth-order valence-electron chi connectivity index (χ4n) is 6.24. The maximum atomic E-state index is 12.7. The summed E-state index contributed by atoms with van der Waals surface area (Å²) < 4.78 is 1.81. The van der Waals surface area contributed by atoms with E-state index in [2.05, 4.69) is 20.7 Å². The van der Waals surface area contributed by atoms with Gasteiger partial charge in [0.25, 0.3) is 5.91 Å². The quantitative estimate of drug-likeness (QED) is 0.696. The lowest BCUT2D eigenvalue weighted by Gasteiger charge is -2.56. The zero-order chi connectivity index (χ0) is 19.4. The monoisotopic (exact) mass is 405 g/mol. The molecule has 4 bridgehead atoms. The first-order chi connectivity index (χ1) is 14.2. The lowest BCUT2D eigenvalue weighted by atomic mass is 9.49. The van der Waals surface area contributed by atoms with Crippen LogP contribution in [-0.2, 0) is 5.41 Å². The number of hydrogen-bond acceptors (Lipinski definition) is 5. The number of rotatable bonds is 4. The second-order valence-electron chi connectivity index (χ2n) is 9.06. The highest BCUT2D eigenvalue weighted by atomic mass is 32.1. The van der Waals surface area contributed by atoms with Gasteiger partial charge in [-0.25, -0.2) is 15.0 Å².